The Morgan fingerprint density at radius 2 is 1.94 bits per heavy atom. The number of imidazole rings is 1. The summed E-state index contributed by atoms with van der Waals surface area (Å²) in [5, 5.41) is 9.51. The fourth-order valence-corrected chi connectivity index (χ4v) is 3.27. The van der Waals surface area contributed by atoms with Gasteiger partial charge in [0.2, 0.25) is 16.3 Å². The summed E-state index contributed by atoms with van der Waals surface area (Å²) in [7, 11) is -4.17. The molecule has 0 aromatic carbocycles. The van der Waals surface area contributed by atoms with Crippen LogP contribution in [-0.2, 0) is 27.9 Å². The fraction of sp³-hybridized carbons (Fsp3) is 0.556. The van der Waals surface area contributed by atoms with Gasteiger partial charge in [-0.15, -0.1) is 0 Å². The fourth-order valence-electron chi connectivity index (χ4n) is 2.74. The number of aliphatic hydroxyl groups is 1. The van der Waals surface area contributed by atoms with Gasteiger partial charge in [0.05, 0.1) is 31.3 Å². The van der Waals surface area contributed by atoms with Gasteiger partial charge in [-0.05, 0) is 32.9 Å². The Balaban J connectivity index is 2.42. The van der Waals surface area contributed by atoms with E-state index in [-0.39, 0.29) is 5.69 Å². The summed E-state index contributed by atoms with van der Waals surface area (Å²) < 4.78 is 73.7. The van der Waals surface area contributed by atoms with E-state index in [9.17, 15) is 27.1 Å². The van der Waals surface area contributed by atoms with Gasteiger partial charge in [0.15, 0.2) is 12.5 Å². The zero-order valence-electron chi connectivity index (χ0n) is 17.4. The molecule has 0 saturated carbocycles. The van der Waals surface area contributed by atoms with Crippen molar-refractivity contribution in [2.45, 2.75) is 58.3 Å². The van der Waals surface area contributed by atoms with E-state index in [1.54, 1.807) is 12.1 Å². The maximum absolute atomic E-state index is 15.0. The number of rotatable bonds is 8. The van der Waals surface area contributed by atoms with Crippen LogP contribution in [0, 0.1) is 0 Å². The van der Waals surface area contributed by atoms with Gasteiger partial charge in [-0.25, -0.2) is 31.4 Å². The van der Waals surface area contributed by atoms with Crippen molar-refractivity contribution >= 4 is 21.8 Å². The van der Waals surface area contributed by atoms with Gasteiger partial charge in [-0.3, -0.25) is 9.30 Å². The quantitative estimate of drug-likeness (QED) is 0.576. The van der Waals surface area contributed by atoms with Gasteiger partial charge in [0.1, 0.15) is 11.2 Å². The van der Waals surface area contributed by atoms with E-state index < -0.39 is 53.6 Å². The number of aromatic nitrogens is 2. The standard InChI is InChI=1S/C18H25F3N4O5S/c1-18(2,3)30-17(27)24(16(21)14(19)15(20)23-31(4,28)29)9-11-6-5-7-13-22-8-12(10-26)25(11)13/h5-8,14-16,23,26H,9-10H2,1-4H3. The number of aliphatic hydroxyl groups excluding tert-OH is 1. The summed E-state index contributed by atoms with van der Waals surface area (Å²) >= 11 is 0. The molecule has 13 heteroatoms. The molecule has 0 aliphatic carbocycles. The van der Waals surface area contributed by atoms with Gasteiger partial charge in [0, 0.05) is 5.69 Å². The van der Waals surface area contributed by atoms with Crippen molar-refractivity contribution in [2.75, 3.05) is 6.26 Å². The highest BCUT2D eigenvalue weighted by Gasteiger charge is 2.40. The SMILES string of the molecule is CC(C)(C)OC(=O)N(Cc1cccc2ncc(CO)n12)C(F)C(F)C(F)NS(C)(=O)=O. The molecule has 3 atom stereocenters. The molecule has 3 unspecified atom stereocenters. The second-order valence-electron chi connectivity index (χ2n) is 7.84. The molecule has 2 N–H and O–H groups in total. The number of alkyl halides is 3. The Morgan fingerprint density at radius 1 is 1.29 bits per heavy atom. The van der Waals surface area contributed by atoms with Gasteiger partial charge in [-0.2, -0.15) is 4.72 Å². The van der Waals surface area contributed by atoms with Gasteiger partial charge >= 0.3 is 6.09 Å². The predicted octanol–water partition coefficient (Wildman–Crippen LogP) is 2.04. The number of nitrogens with zero attached hydrogens (tertiary/aromatic N) is 3. The van der Waals surface area contributed by atoms with Crippen molar-refractivity contribution in [3.63, 3.8) is 0 Å². The number of pyridine rings is 1. The minimum absolute atomic E-state index is 0.228. The highest BCUT2D eigenvalue weighted by Crippen LogP contribution is 2.22. The average molecular weight is 466 g/mol. The van der Waals surface area contributed by atoms with Gasteiger partial charge < -0.3 is 9.84 Å². The Labute approximate surface area is 177 Å². The third-order valence-electron chi connectivity index (χ3n) is 3.97. The van der Waals surface area contributed by atoms with Crippen molar-refractivity contribution < 1.29 is 36.2 Å². The molecule has 0 aliphatic rings. The molecule has 0 saturated heterocycles. The molecule has 0 bridgehead atoms. The van der Waals surface area contributed by atoms with Crippen LogP contribution in [0.15, 0.2) is 24.4 Å². The molecule has 9 nitrogen and oxygen atoms in total. The second-order valence-corrected chi connectivity index (χ2v) is 9.62. The zero-order chi connectivity index (χ0) is 23.6. The first-order valence-corrected chi connectivity index (χ1v) is 11.1. The molecule has 0 radical (unpaired) electrons. The highest BCUT2D eigenvalue weighted by molar-refractivity contribution is 7.88. The number of ether oxygens (including phenoxy) is 1. The first kappa shape index (κ1) is 24.9. The number of hydrogen-bond donors (Lipinski definition) is 2. The lowest BCUT2D eigenvalue weighted by Gasteiger charge is -2.32. The van der Waals surface area contributed by atoms with E-state index >= 15 is 4.39 Å². The Morgan fingerprint density at radius 3 is 2.48 bits per heavy atom. The van der Waals surface area contributed by atoms with Gasteiger partial charge in [-0.1, -0.05) is 6.07 Å². The van der Waals surface area contributed by atoms with Crippen LogP contribution < -0.4 is 4.72 Å². The largest absolute Gasteiger partial charge is 0.444 e. The molecule has 174 valence electrons. The molecule has 0 aliphatic heterocycles. The lowest BCUT2D eigenvalue weighted by molar-refractivity contribution is -0.0461. The minimum atomic E-state index is -4.17. The first-order valence-electron chi connectivity index (χ1n) is 9.17. The third kappa shape index (κ3) is 6.55. The lowest BCUT2D eigenvalue weighted by Crippen LogP contribution is -2.51. The summed E-state index contributed by atoms with van der Waals surface area (Å²) in [5.74, 6) is 0. The van der Waals surface area contributed by atoms with E-state index in [2.05, 4.69) is 4.98 Å². The van der Waals surface area contributed by atoms with E-state index in [0.29, 0.717) is 22.5 Å². The molecule has 0 spiro atoms. The van der Waals surface area contributed by atoms with Crippen LogP contribution in [0.4, 0.5) is 18.0 Å². The van der Waals surface area contributed by atoms with Crippen LogP contribution in [0.5, 0.6) is 0 Å². The van der Waals surface area contributed by atoms with E-state index in [0.717, 1.165) is 0 Å². The van der Waals surface area contributed by atoms with Crippen molar-refractivity contribution in [1.29, 1.82) is 0 Å². The van der Waals surface area contributed by atoms with Crippen molar-refractivity contribution in [2.24, 2.45) is 0 Å². The van der Waals surface area contributed by atoms with E-state index in [4.69, 9.17) is 4.74 Å². The highest BCUT2D eigenvalue weighted by atomic mass is 32.2. The number of halogens is 3. The third-order valence-corrected chi connectivity index (χ3v) is 4.63. The Kier molecular flexibility index (Phi) is 7.55. The molecular formula is C18H25F3N4O5S. The molecular weight excluding hydrogens is 441 g/mol. The minimum Gasteiger partial charge on any atom is -0.444 e. The number of amides is 1. The summed E-state index contributed by atoms with van der Waals surface area (Å²) in [4.78, 5) is 17.0. The van der Waals surface area contributed by atoms with Crippen molar-refractivity contribution in [1.82, 2.24) is 19.0 Å². The normalized spacial score (nSPS) is 15.5. The monoisotopic (exact) mass is 466 g/mol. The molecule has 2 rings (SSSR count). The van der Waals surface area contributed by atoms with Crippen LogP contribution in [0.25, 0.3) is 5.65 Å². The molecule has 31 heavy (non-hydrogen) atoms. The topological polar surface area (TPSA) is 113 Å². The summed E-state index contributed by atoms with van der Waals surface area (Å²) in [6.07, 6.45) is -8.20. The molecule has 0 fully saturated rings. The second kappa shape index (κ2) is 9.40. The van der Waals surface area contributed by atoms with Crippen LogP contribution in [-0.4, -0.2) is 64.5 Å². The maximum atomic E-state index is 15.0. The summed E-state index contributed by atoms with van der Waals surface area (Å²) in [6.45, 7) is 3.52. The summed E-state index contributed by atoms with van der Waals surface area (Å²) in [5.41, 5.74) is -0.145. The smallest absolute Gasteiger partial charge is 0.413 e. The van der Waals surface area contributed by atoms with E-state index in [1.165, 1.54) is 42.2 Å². The van der Waals surface area contributed by atoms with Crippen LogP contribution in [0.1, 0.15) is 32.2 Å². The summed E-state index contributed by atoms with van der Waals surface area (Å²) in [6, 6.07) is 4.63. The Hall–Kier alpha value is -2.38. The van der Waals surface area contributed by atoms with Crippen LogP contribution in [0.2, 0.25) is 0 Å². The number of nitrogens with one attached hydrogen (secondary N) is 1. The predicted molar refractivity (Wildman–Crippen MR) is 106 cm³/mol. The van der Waals surface area contributed by atoms with Crippen molar-refractivity contribution in [3.8, 4) is 0 Å². The number of carbonyl (C=O) groups excluding carboxylic acids is 1. The van der Waals surface area contributed by atoms with Crippen molar-refractivity contribution in [3.05, 3.63) is 35.8 Å². The molecule has 2 heterocycles. The first-order chi connectivity index (χ1) is 14.2. The number of sulfonamides is 1. The molecule has 2 aromatic rings. The zero-order valence-corrected chi connectivity index (χ0v) is 18.2. The van der Waals surface area contributed by atoms with Gasteiger partial charge in [0.25, 0.3) is 0 Å². The average Bonchev–Trinajstić information content (AvgIpc) is 3.06. The maximum Gasteiger partial charge on any atom is 0.413 e. The number of hydrogen-bond acceptors (Lipinski definition) is 6. The molecule has 1 amide bonds. The number of carbonyl (C=O) groups is 1. The number of fused-ring (bicyclic) bond motifs is 1. The molecule has 2 aromatic heterocycles. The Bertz CT molecular complexity index is 1020. The lowest BCUT2D eigenvalue weighted by atomic mass is 10.2. The van der Waals surface area contributed by atoms with Crippen LogP contribution >= 0.6 is 0 Å². The van der Waals surface area contributed by atoms with Crippen LogP contribution in [0.3, 0.4) is 0 Å². The van der Waals surface area contributed by atoms with E-state index in [1.807, 2.05) is 0 Å².